The van der Waals surface area contributed by atoms with Crippen LogP contribution in [0.3, 0.4) is 0 Å². The van der Waals surface area contributed by atoms with Gasteiger partial charge in [-0.1, -0.05) is 0 Å². The minimum atomic E-state index is -0.549. The Balaban J connectivity index is 1.49. The summed E-state index contributed by atoms with van der Waals surface area (Å²) in [7, 11) is 0. The molecule has 1 aliphatic rings. The van der Waals surface area contributed by atoms with Gasteiger partial charge in [0.2, 0.25) is 0 Å². The number of hydrogen-bond acceptors (Lipinski definition) is 6. The van der Waals surface area contributed by atoms with Gasteiger partial charge in [-0.25, -0.2) is 15.0 Å². The second kappa shape index (κ2) is 5.50. The van der Waals surface area contributed by atoms with E-state index in [4.69, 9.17) is 4.74 Å². The standard InChI is InChI=1S/C12H17N5O2/c18-9(5-19-4-8-1-2-8)3-13-11-10-12(15-6-14-10)17-7-16-11/h6-9,18H,1-5H2,(H2,13,14,15,16,17). The first-order valence-corrected chi connectivity index (χ1v) is 6.46. The van der Waals surface area contributed by atoms with Crippen LogP contribution in [0.5, 0.6) is 0 Å². The van der Waals surface area contributed by atoms with Crippen molar-refractivity contribution >= 4 is 17.0 Å². The number of nitrogens with one attached hydrogen (secondary N) is 2. The number of aromatic amines is 1. The Hall–Kier alpha value is -1.73. The third kappa shape index (κ3) is 3.18. The van der Waals surface area contributed by atoms with Crippen molar-refractivity contribution in [2.24, 2.45) is 5.92 Å². The molecule has 0 radical (unpaired) electrons. The first-order valence-electron chi connectivity index (χ1n) is 6.46. The summed E-state index contributed by atoms with van der Waals surface area (Å²) in [5, 5.41) is 12.9. The highest BCUT2D eigenvalue weighted by molar-refractivity contribution is 5.81. The molecule has 1 aliphatic carbocycles. The topological polar surface area (TPSA) is 96.0 Å². The van der Waals surface area contributed by atoms with Crippen molar-refractivity contribution in [3.05, 3.63) is 12.7 Å². The Bertz CT molecular complexity index is 540. The summed E-state index contributed by atoms with van der Waals surface area (Å²) >= 11 is 0. The number of aromatic nitrogens is 4. The largest absolute Gasteiger partial charge is 0.389 e. The highest BCUT2D eigenvalue weighted by Crippen LogP contribution is 2.28. The highest BCUT2D eigenvalue weighted by atomic mass is 16.5. The van der Waals surface area contributed by atoms with Gasteiger partial charge in [0.05, 0.1) is 19.0 Å². The van der Waals surface area contributed by atoms with Gasteiger partial charge >= 0.3 is 0 Å². The monoisotopic (exact) mass is 263 g/mol. The zero-order valence-corrected chi connectivity index (χ0v) is 10.5. The third-order valence-corrected chi connectivity index (χ3v) is 3.09. The van der Waals surface area contributed by atoms with Crippen molar-refractivity contribution in [1.82, 2.24) is 19.9 Å². The maximum Gasteiger partial charge on any atom is 0.182 e. The number of anilines is 1. The minimum absolute atomic E-state index is 0.348. The van der Waals surface area contributed by atoms with Crippen LogP contribution in [0.2, 0.25) is 0 Å². The lowest BCUT2D eigenvalue weighted by Gasteiger charge is -2.12. The van der Waals surface area contributed by atoms with Gasteiger partial charge in [-0.3, -0.25) is 0 Å². The molecule has 0 bridgehead atoms. The molecule has 7 nitrogen and oxygen atoms in total. The average Bonchev–Trinajstić information content (AvgIpc) is 3.11. The van der Waals surface area contributed by atoms with E-state index in [9.17, 15) is 5.11 Å². The van der Waals surface area contributed by atoms with Crippen molar-refractivity contribution in [3.63, 3.8) is 0 Å². The highest BCUT2D eigenvalue weighted by Gasteiger charge is 2.21. The quantitative estimate of drug-likeness (QED) is 0.675. The second-order valence-electron chi connectivity index (χ2n) is 4.84. The third-order valence-electron chi connectivity index (χ3n) is 3.09. The van der Waals surface area contributed by atoms with Crippen LogP contribution in [0, 0.1) is 5.92 Å². The molecule has 1 unspecified atom stereocenters. The van der Waals surface area contributed by atoms with Crippen molar-refractivity contribution < 1.29 is 9.84 Å². The Morgan fingerprint density at radius 1 is 1.42 bits per heavy atom. The number of ether oxygens (including phenoxy) is 1. The van der Waals surface area contributed by atoms with E-state index in [1.165, 1.54) is 19.2 Å². The molecular weight excluding hydrogens is 246 g/mol. The minimum Gasteiger partial charge on any atom is -0.389 e. The van der Waals surface area contributed by atoms with Crippen molar-refractivity contribution in [2.45, 2.75) is 18.9 Å². The molecule has 3 rings (SSSR count). The van der Waals surface area contributed by atoms with Gasteiger partial charge in [-0.05, 0) is 18.8 Å². The van der Waals surface area contributed by atoms with Gasteiger partial charge in [0.15, 0.2) is 11.5 Å². The lowest BCUT2D eigenvalue weighted by molar-refractivity contribution is 0.0386. The van der Waals surface area contributed by atoms with E-state index in [-0.39, 0.29) is 0 Å². The zero-order chi connectivity index (χ0) is 13.1. The summed E-state index contributed by atoms with van der Waals surface area (Å²) in [5.74, 6) is 1.36. The Labute approximate surface area is 110 Å². The molecular formula is C12H17N5O2. The molecule has 7 heteroatoms. The van der Waals surface area contributed by atoms with Crippen LogP contribution < -0.4 is 5.32 Å². The number of H-pyrrole nitrogens is 1. The molecule has 1 atom stereocenters. The van der Waals surface area contributed by atoms with Gasteiger partial charge in [0.1, 0.15) is 11.8 Å². The number of rotatable bonds is 7. The van der Waals surface area contributed by atoms with Gasteiger partial charge < -0.3 is 20.1 Å². The van der Waals surface area contributed by atoms with E-state index in [1.807, 2.05) is 0 Å². The predicted molar refractivity (Wildman–Crippen MR) is 69.7 cm³/mol. The number of imidazole rings is 1. The van der Waals surface area contributed by atoms with E-state index in [1.54, 1.807) is 6.33 Å². The molecule has 0 spiro atoms. The van der Waals surface area contributed by atoms with E-state index in [0.717, 1.165) is 12.1 Å². The fourth-order valence-electron chi connectivity index (χ4n) is 1.83. The fourth-order valence-corrected chi connectivity index (χ4v) is 1.83. The first-order chi connectivity index (χ1) is 9.33. The van der Waals surface area contributed by atoms with Crippen LogP contribution in [0.25, 0.3) is 11.2 Å². The van der Waals surface area contributed by atoms with E-state index in [0.29, 0.717) is 30.5 Å². The smallest absolute Gasteiger partial charge is 0.182 e. The van der Waals surface area contributed by atoms with E-state index < -0.39 is 6.10 Å². The lowest BCUT2D eigenvalue weighted by Crippen LogP contribution is -2.25. The summed E-state index contributed by atoms with van der Waals surface area (Å²) in [4.78, 5) is 15.2. The van der Waals surface area contributed by atoms with Crippen molar-refractivity contribution in [1.29, 1.82) is 0 Å². The van der Waals surface area contributed by atoms with Gasteiger partial charge in [0, 0.05) is 13.2 Å². The van der Waals surface area contributed by atoms with Crippen LogP contribution in [0.4, 0.5) is 5.82 Å². The Morgan fingerprint density at radius 2 is 2.32 bits per heavy atom. The summed E-state index contributed by atoms with van der Waals surface area (Å²) in [6.07, 6.45) is 4.98. The molecule has 102 valence electrons. The summed E-state index contributed by atoms with van der Waals surface area (Å²) in [6, 6.07) is 0. The fraction of sp³-hybridized carbons (Fsp3) is 0.583. The van der Waals surface area contributed by atoms with Crippen LogP contribution in [0.1, 0.15) is 12.8 Å². The molecule has 0 aromatic carbocycles. The van der Waals surface area contributed by atoms with Crippen LogP contribution in [-0.2, 0) is 4.74 Å². The van der Waals surface area contributed by atoms with E-state index in [2.05, 4.69) is 25.3 Å². The Kier molecular flexibility index (Phi) is 3.56. The van der Waals surface area contributed by atoms with Crippen molar-refractivity contribution in [3.8, 4) is 0 Å². The number of aliphatic hydroxyl groups is 1. The summed E-state index contributed by atoms with van der Waals surface area (Å²) < 4.78 is 5.44. The zero-order valence-electron chi connectivity index (χ0n) is 10.5. The molecule has 2 heterocycles. The normalized spacial score (nSPS) is 16.7. The number of hydrogen-bond donors (Lipinski definition) is 3. The first kappa shape index (κ1) is 12.3. The maximum absolute atomic E-state index is 9.81. The van der Waals surface area contributed by atoms with E-state index >= 15 is 0 Å². The molecule has 0 aliphatic heterocycles. The summed E-state index contributed by atoms with van der Waals surface area (Å²) in [6.45, 7) is 1.49. The predicted octanol–water partition coefficient (Wildman–Crippen LogP) is 0.552. The second-order valence-corrected chi connectivity index (χ2v) is 4.84. The molecule has 0 amide bonds. The van der Waals surface area contributed by atoms with Crippen LogP contribution >= 0.6 is 0 Å². The number of fused-ring (bicyclic) bond motifs is 1. The molecule has 1 saturated carbocycles. The Morgan fingerprint density at radius 3 is 3.16 bits per heavy atom. The van der Waals surface area contributed by atoms with Crippen molar-refractivity contribution in [2.75, 3.05) is 25.1 Å². The van der Waals surface area contributed by atoms with Gasteiger partial charge in [-0.15, -0.1) is 0 Å². The number of aliphatic hydroxyl groups excluding tert-OH is 1. The number of nitrogens with zero attached hydrogens (tertiary/aromatic N) is 3. The molecule has 1 fully saturated rings. The molecule has 2 aromatic heterocycles. The lowest BCUT2D eigenvalue weighted by atomic mass is 10.3. The summed E-state index contributed by atoms with van der Waals surface area (Å²) in [5.41, 5.74) is 1.35. The molecule has 0 saturated heterocycles. The van der Waals surface area contributed by atoms with Gasteiger partial charge in [-0.2, -0.15) is 0 Å². The molecule has 19 heavy (non-hydrogen) atoms. The maximum atomic E-state index is 9.81. The van der Waals surface area contributed by atoms with Crippen LogP contribution in [-0.4, -0.2) is 50.9 Å². The van der Waals surface area contributed by atoms with Gasteiger partial charge in [0.25, 0.3) is 0 Å². The molecule has 3 N–H and O–H groups in total. The SMILES string of the molecule is OC(CNc1ncnc2nc[nH]c12)COCC1CC1. The average molecular weight is 263 g/mol. The van der Waals surface area contributed by atoms with Crippen LogP contribution in [0.15, 0.2) is 12.7 Å². The molecule has 2 aromatic rings.